The van der Waals surface area contributed by atoms with E-state index in [2.05, 4.69) is 10.5 Å². The zero-order chi connectivity index (χ0) is 20.5. The van der Waals surface area contributed by atoms with E-state index in [0.29, 0.717) is 32.9 Å². The molecule has 2 aromatic rings. The summed E-state index contributed by atoms with van der Waals surface area (Å²) in [7, 11) is 1.53. The number of carbonyl (C=O) groups excluding carboxylic acids is 1. The highest BCUT2D eigenvalue weighted by Gasteiger charge is 2.14. The van der Waals surface area contributed by atoms with Crippen molar-refractivity contribution in [1.29, 1.82) is 0 Å². The van der Waals surface area contributed by atoms with Gasteiger partial charge in [0.2, 0.25) is 0 Å². The van der Waals surface area contributed by atoms with Crippen molar-refractivity contribution in [2.45, 2.75) is 26.4 Å². The average molecular weight is 425 g/mol. The van der Waals surface area contributed by atoms with Gasteiger partial charge < -0.3 is 14.2 Å². The first-order valence-electron chi connectivity index (χ1n) is 8.67. The minimum absolute atomic E-state index is 0.00435. The van der Waals surface area contributed by atoms with E-state index in [1.165, 1.54) is 13.3 Å². The Bertz CT molecular complexity index is 843. The van der Waals surface area contributed by atoms with E-state index in [0.717, 1.165) is 6.42 Å². The summed E-state index contributed by atoms with van der Waals surface area (Å²) in [6.07, 6.45) is 2.30. The van der Waals surface area contributed by atoms with E-state index in [-0.39, 0.29) is 12.7 Å². The van der Waals surface area contributed by atoms with E-state index in [9.17, 15) is 4.79 Å². The SMILES string of the molecule is CC[C@@H](C)Oc1c(Cl)cc(/C=N/NC(=O)COc2cccc(Cl)c2)cc1OC. The van der Waals surface area contributed by atoms with Gasteiger partial charge in [0.15, 0.2) is 18.1 Å². The van der Waals surface area contributed by atoms with Crippen LogP contribution in [0.4, 0.5) is 0 Å². The molecular weight excluding hydrogens is 403 g/mol. The molecule has 0 heterocycles. The zero-order valence-electron chi connectivity index (χ0n) is 15.9. The van der Waals surface area contributed by atoms with Gasteiger partial charge in [0, 0.05) is 5.02 Å². The molecule has 0 aliphatic heterocycles. The van der Waals surface area contributed by atoms with Gasteiger partial charge in [-0.25, -0.2) is 5.43 Å². The number of nitrogens with one attached hydrogen (secondary N) is 1. The highest BCUT2D eigenvalue weighted by molar-refractivity contribution is 6.32. The molecule has 1 N–H and O–H groups in total. The lowest BCUT2D eigenvalue weighted by atomic mass is 10.2. The number of hydrazone groups is 1. The fourth-order valence-corrected chi connectivity index (χ4v) is 2.57. The molecule has 2 rings (SSSR count). The Hall–Kier alpha value is -2.44. The summed E-state index contributed by atoms with van der Waals surface area (Å²) in [5.74, 6) is 1.06. The third kappa shape index (κ3) is 6.62. The number of amides is 1. The largest absolute Gasteiger partial charge is 0.493 e. The fourth-order valence-electron chi connectivity index (χ4n) is 2.13. The lowest BCUT2D eigenvalue weighted by Crippen LogP contribution is -2.24. The number of halogens is 2. The van der Waals surface area contributed by atoms with E-state index < -0.39 is 5.91 Å². The Morgan fingerprint density at radius 1 is 1.29 bits per heavy atom. The van der Waals surface area contributed by atoms with Gasteiger partial charge in [0.05, 0.1) is 24.5 Å². The first-order valence-corrected chi connectivity index (χ1v) is 9.43. The lowest BCUT2D eigenvalue weighted by molar-refractivity contribution is -0.123. The minimum Gasteiger partial charge on any atom is -0.493 e. The summed E-state index contributed by atoms with van der Waals surface area (Å²) in [6, 6.07) is 10.2. The molecule has 0 saturated carbocycles. The van der Waals surface area contributed by atoms with Gasteiger partial charge in [0.1, 0.15) is 5.75 Å². The number of nitrogens with zero attached hydrogens (tertiary/aromatic N) is 1. The summed E-state index contributed by atoms with van der Waals surface area (Å²) in [5, 5.41) is 4.84. The molecule has 0 unspecified atom stereocenters. The van der Waals surface area contributed by atoms with Crippen molar-refractivity contribution in [3.8, 4) is 17.2 Å². The van der Waals surface area contributed by atoms with Gasteiger partial charge in [-0.05, 0) is 49.2 Å². The Morgan fingerprint density at radius 3 is 2.75 bits per heavy atom. The van der Waals surface area contributed by atoms with E-state index in [1.807, 2.05) is 13.8 Å². The van der Waals surface area contributed by atoms with Gasteiger partial charge in [-0.1, -0.05) is 36.2 Å². The Kier molecular flexibility index (Phi) is 8.42. The molecule has 0 radical (unpaired) electrons. The maximum atomic E-state index is 11.8. The second-order valence-electron chi connectivity index (χ2n) is 5.91. The van der Waals surface area contributed by atoms with Gasteiger partial charge in [0.25, 0.3) is 5.91 Å². The van der Waals surface area contributed by atoms with Crippen LogP contribution in [-0.4, -0.2) is 31.9 Å². The molecule has 1 amide bonds. The number of hydrogen-bond acceptors (Lipinski definition) is 5. The van der Waals surface area contributed by atoms with Crippen molar-refractivity contribution in [2.75, 3.05) is 13.7 Å². The number of methoxy groups -OCH3 is 1. The summed E-state index contributed by atoms with van der Waals surface area (Å²) in [4.78, 5) is 11.8. The van der Waals surface area contributed by atoms with Gasteiger partial charge in [-0.2, -0.15) is 5.10 Å². The highest BCUT2D eigenvalue weighted by atomic mass is 35.5. The number of benzene rings is 2. The van der Waals surface area contributed by atoms with Crippen LogP contribution in [0.2, 0.25) is 10.0 Å². The van der Waals surface area contributed by atoms with E-state index >= 15 is 0 Å². The lowest BCUT2D eigenvalue weighted by Gasteiger charge is -2.17. The molecule has 0 aliphatic rings. The summed E-state index contributed by atoms with van der Waals surface area (Å²) in [6.45, 7) is 3.78. The average Bonchev–Trinajstić information content (AvgIpc) is 2.68. The third-order valence-corrected chi connectivity index (χ3v) is 4.23. The predicted octanol–water partition coefficient (Wildman–Crippen LogP) is 4.71. The molecule has 28 heavy (non-hydrogen) atoms. The zero-order valence-corrected chi connectivity index (χ0v) is 17.4. The smallest absolute Gasteiger partial charge is 0.277 e. The molecule has 6 nitrogen and oxygen atoms in total. The fraction of sp³-hybridized carbons (Fsp3) is 0.300. The first kappa shape index (κ1) is 21.9. The van der Waals surface area contributed by atoms with Crippen LogP contribution in [0.25, 0.3) is 0 Å². The standard InChI is InChI=1S/C20H22Cl2N2O4/c1-4-13(2)28-20-17(22)8-14(9-18(20)26-3)11-23-24-19(25)12-27-16-7-5-6-15(21)10-16/h5-11,13H,4,12H2,1-3H3,(H,24,25)/b23-11+/t13-/m1/s1. The van der Waals surface area contributed by atoms with Crippen LogP contribution in [0, 0.1) is 0 Å². The molecule has 150 valence electrons. The van der Waals surface area contributed by atoms with Crippen LogP contribution in [0.5, 0.6) is 17.2 Å². The predicted molar refractivity (Wildman–Crippen MR) is 111 cm³/mol. The Balaban J connectivity index is 1.95. The van der Waals surface area contributed by atoms with Gasteiger partial charge in [-0.15, -0.1) is 0 Å². The topological polar surface area (TPSA) is 69.2 Å². The van der Waals surface area contributed by atoms with E-state index in [4.69, 9.17) is 37.4 Å². The molecule has 1 atom stereocenters. The van der Waals surface area contributed by atoms with Crippen molar-refractivity contribution in [2.24, 2.45) is 5.10 Å². The molecule has 2 aromatic carbocycles. The van der Waals surface area contributed by atoms with Crippen LogP contribution >= 0.6 is 23.2 Å². The number of hydrogen-bond donors (Lipinski definition) is 1. The summed E-state index contributed by atoms with van der Waals surface area (Å²) >= 11 is 12.2. The van der Waals surface area contributed by atoms with Crippen LogP contribution in [0.1, 0.15) is 25.8 Å². The third-order valence-electron chi connectivity index (χ3n) is 3.71. The summed E-state index contributed by atoms with van der Waals surface area (Å²) in [5.41, 5.74) is 3.03. The van der Waals surface area contributed by atoms with Crippen molar-refractivity contribution in [3.63, 3.8) is 0 Å². The van der Waals surface area contributed by atoms with Crippen molar-refractivity contribution in [3.05, 3.63) is 52.0 Å². The molecule has 0 saturated heterocycles. The minimum atomic E-state index is -0.411. The number of carbonyl (C=O) groups is 1. The molecule has 0 fully saturated rings. The monoisotopic (exact) mass is 424 g/mol. The molecule has 0 aromatic heterocycles. The maximum Gasteiger partial charge on any atom is 0.277 e. The molecule has 0 aliphatic carbocycles. The normalized spacial score (nSPS) is 11.9. The summed E-state index contributed by atoms with van der Waals surface area (Å²) < 4.78 is 16.5. The number of rotatable bonds is 9. The quantitative estimate of drug-likeness (QED) is 0.467. The van der Waals surface area contributed by atoms with Crippen molar-refractivity contribution < 1.29 is 19.0 Å². The van der Waals surface area contributed by atoms with Crippen molar-refractivity contribution in [1.82, 2.24) is 5.43 Å². The van der Waals surface area contributed by atoms with Crippen LogP contribution in [-0.2, 0) is 4.79 Å². The molecule has 0 bridgehead atoms. The van der Waals surface area contributed by atoms with Gasteiger partial charge in [-0.3, -0.25) is 4.79 Å². The van der Waals surface area contributed by atoms with Crippen molar-refractivity contribution >= 4 is 35.3 Å². The number of ether oxygens (including phenoxy) is 3. The van der Waals surface area contributed by atoms with Crippen LogP contribution < -0.4 is 19.6 Å². The molecule has 8 heteroatoms. The Labute approximate surface area is 174 Å². The highest BCUT2D eigenvalue weighted by Crippen LogP contribution is 2.37. The Morgan fingerprint density at radius 2 is 2.07 bits per heavy atom. The molecule has 0 spiro atoms. The van der Waals surface area contributed by atoms with Crippen LogP contribution in [0.3, 0.4) is 0 Å². The van der Waals surface area contributed by atoms with Gasteiger partial charge >= 0.3 is 0 Å². The molecular formula is C20H22Cl2N2O4. The van der Waals surface area contributed by atoms with E-state index in [1.54, 1.807) is 36.4 Å². The van der Waals surface area contributed by atoms with Crippen LogP contribution in [0.15, 0.2) is 41.5 Å². The second kappa shape index (κ2) is 10.8. The second-order valence-corrected chi connectivity index (χ2v) is 6.75. The first-order chi connectivity index (χ1) is 13.4. The maximum absolute atomic E-state index is 11.8.